The molecule has 0 unspecified atom stereocenters. The van der Waals surface area contributed by atoms with Gasteiger partial charge in [0.15, 0.2) is 0 Å². The molecule has 0 aromatic carbocycles. The van der Waals surface area contributed by atoms with E-state index in [1.807, 2.05) is 13.8 Å². The third kappa shape index (κ3) is 3.82. The molecule has 4 heteroatoms. The lowest BCUT2D eigenvalue weighted by atomic mass is 9.94. The maximum Gasteiger partial charge on any atom is 0.312 e. The van der Waals surface area contributed by atoms with Crippen LogP contribution in [0.4, 0.5) is 0 Å². The van der Waals surface area contributed by atoms with E-state index in [1.165, 1.54) is 17.6 Å². The minimum atomic E-state index is -0.474. The predicted molar refractivity (Wildman–Crippen MR) is 71.2 cm³/mol. The predicted octanol–water partition coefficient (Wildman–Crippen LogP) is 2.60. The Morgan fingerprint density at radius 1 is 1.53 bits per heavy atom. The minimum absolute atomic E-state index is 0.174. The quantitative estimate of drug-likeness (QED) is 0.794. The third-order valence-electron chi connectivity index (χ3n) is 2.81. The summed E-state index contributed by atoms with van der Waals surface area (Å²) < 4.78 is 4.77. The number of hydrogen-bond donors (Lipinski definition) is 1. The lowest BCUT2D eigenvalue weighted by molar-refractivity contribution is -0.150. The van der Waals surface area contributed by atoms with Crippen LogP contribution in [0.5, 0.6) is 0 Å². The van der Waals surface area contributed by atoms with Gasteiger partial charge in [-0.25, -0.2) is 0 Å². The minimum Gasteiger partial charge on any atom is -0.469 e. The molecule has 0 aliphatic rings. The topological polar surface area (TPSA) is 38.3 Å². The van der Waals surface area contributed by atoms with E-state index in [0.29, 0.717) is 6.54 Å². The fourth-order valence-corrected chi connectivity index (χ4v) is 2.62. The number of methoxy groups -OCH3 is 1. The second kappa shape index (κ2) is 6.17. The van der Waals surface area contributed by atoms with Gasteiger partial charge in [-0.2, -0.15) is 0 Å². The van der Waals surface area contributed by atoms with Crippen LogP contribution >= 0.6 is 11.3 Å². The zero-order chi connectivity index (χ0) is 12.9. The van der Waals surface area contributed by atoms with Crippen molar-refractivity contribution >= 4 is 17.3 Å². The van der Waals surface area contributed by atoms with Crippen LogP contribution in [0.3, 0.4) is 0 Å². The highest BCUT2D eigenvalue weighted by Crippen LogP contribution is 2.19. The van der Waals surface area contributed by atoms with Crippen molar-refractivity contribution < 1.29 is 9.53 Å². The molecule has 1 N–H and O–H groups in total. The molecule has 1 heterocycles. The van der Waals surface area contributed by atoms with Gasteiger partial charge in [0.05, 0.1) is 12.5 Å². The zero-order valence-electron chi connectivity index (χ0n) is 11.0. The molecule has 0 atom stereocenters. The first-order chi connectivity index (χ1) is 8.01. The number of aryl methyl sites for hydroxylation is 1. The Hall–Kier alpha value is -0.870. The van der Waals surface area contributed by atoms with Crippen molar-refractivity contribution in [3.8, 4) is 0 Å². The molecule has 1 aromatic heterocycles. The van der Waals surface area contributed by atoms with Crippen LogP contribution in [0.15, 0.2) is 11.4 Å². The molecule has 0 saturated heterocycles. The normalized spacial score (nSPS) is 11.5. The van der Waals surface area contributed by atoms with Gasteiger partial charge in [0.25, 0.3) is 0 Å². The molecule has 0 amide bonds. The number of carbonyl (C=O) groups excluding carboxylic acids is 1. The maximum atomic E-state index is 11.5. The van der Waals surface area contributed by atoms with Crippen LogP contribution < -0.4 is 5.32 Å². The maximum absolute atomic E-state index is 11.5. The standard InChI is InChI=1S/C13H21NO2S/c1-5-10-6-7-17-11(10)8-14-9-13(2,3)12(15)16-4/h6-7,14H,5,8-9H2,1-4H3. The number of esters is 1. The van der Waals surface area contributed by atoms with Gasteiger partial charge in [-0.3, -0.25) is 4.79 Å². The third-order valence-corrected chi connectivity index (χ3v) is 3.77. The van der Waals surface area contributed by atoms with Crippen molar-refractivity contribution in [2.45, 2.75) is 33.7 Å². The van der Waals surface area contributed by atoms with Gasteiger partial charge in [0.1, 0.15) is 0 Å². The molecular formula is C13H21NO2S. The van der Waals surface area contributed by atoms with Gasteiger partial charge in [-0.15, -0.1) is 11.3 Å². The molecule has 1 rings (SSSR count). The molecule has 0 bridgehead atoms. The Balaban J connectivity index is 2.45. The highest BCUT2D eigenvalue weighted by Gasteiger charge is 2.28. The summed E-state index contributed by atoms with van der Waals surface area (Å²) in [7, 11) is 1.43. The van der Waals surface area contributed by atoms with Crippen LogP contribution in [0.25, 0.3) is 0 Å². The highest BCUT2D eigenvalue weighted by molar-refractivity contribution is 7.10. The molecule has 0 fully saturated rings. The first-order valence-electron chi connectivity index (χ1n) is 5.85. The van der Waals surface area contributed by atoms with Crippen LogP contribution in [-0.4, -0.2) is 19.6 Å². The first kappa shape index (κ1) is 14.2. The van der Waals surface area contributed by atoms with E-state index in [2.05, 4.69) is 23.7 Å². The molecular weight excluding hydrogens is 234 g/mol. The second-order valence-corrected chi connectivity index (χ2v) is 5.70. The summed E-state index contributed by atoms with van der Waals surface area (Å²) in [5.74, 6) is -0.174. The van der Waals surface area contributed by atoms with E-state index in [0.717, 1.165) is 13.0 Å². The van der Waals surface area contributed by atoms with Crippen molar-refractivity contribution in [3.05, 3.63) is 21.9 Å². The lowest BCUT2D eigenvalue weighted by Gasteiger charge is -2.21. The second-order valence-electron chi connectivity index (χ2n) is 4.70. The Bertz CT molecular complexity index is 371. The van der Waals surface area contributed by atoms with Crippen molar-refractivity contribution in [2.75, 3.05) is 13.7 Å². The number of ether oxygens (including phenoxy) is 1. The molecule has 3 nitrogen and oxygen atoms in total. The molecule has 0 aliphatic heterocycles. The SMILES string of the molecule is CCc1ccsc1CNCC(C)(C)C(=O)OC. The van der Waals surface area contributed by atoms with Gasteiger partial charge in [0, 0.05) is 18.0 Å². The Morgan fingerprint density at radius 3 is 2.82 bits per heavy atom. The fourth-order valence-electron chi connectivity index (χ4n) is 1.67. The average Bonchev–Trinajstić information content (AvgIpc) is 2.75. The lowest BCUT2D eigenvalue weighted by Crippen LogP contribution is -2.36. The molecule has 0 aliphatic carbocycles. The molecule has 96 valence electrons. The van der Waals surface area contributed by atoms with Gasteiger partial charge in [0.2, 0.25) is 0 Å². The molecule has 0 radical (unpaired) electrons. The van der Waals surface area contributed by atoms with Crippen molar-refractivity contribution in [1.82, 2.24) is 5.32 Å². The van der Waals surface area contributed by atoms with Crippen LogP contribution in [0.2, 0.25) is 0 Å². The Kier molecular flexibility index (Phi) is 5.15. The Labute approximate surface area is 107 Å². The fraction of sp³-hybridized carbons (Fsp3) is 0.615. The number of carbonyl (C=O) groups is 1. The summed E-state index contributed by atoms with van der Waals surface area (Å²) in [6, 6.07) is 2.16. The van der Waals surface area contributed by atoms with Crippen molar-refractivity contribution in [3.63, 3.8) is 0 Å². The average molecular weight is 255 g/mol. The smallest absolute Gasteiger partial charge is 0.312 e. The molecule has 1 aromatic rings. The van der Waals surface area contributed by atoms with Gasteiger partial charge in [-0.05, 0) is 37.3 Å². The van der Waals surface area contributed by atoms with E-state index in [9.17, 15) is 4.79 Å². The summed E-state index contributed by atoms with van der Waals surface area (Å²) in [6.07, 6.45) is 1.06. The molecule has 17 heavy (non-hydrogen) atoms. The van der Waals surface area contributed by atoms with Crippen LogP contribution in [-0.2, 0) is 22.5 Å². The van der Waals surface area contributed by atoms with Gasteiger partial charge >= 0.3 is 5.97 Å². The number of nitrogens with one attached hydrogen (secondary N) is 1. The van der Waals surface area contributed by atoms with E-state index in [1.54, 1.807) is 11.3 Å². The number of hydrogen-bond acceptors (Lipinski definition) is 4. The van der Waals surface area contributed by atoms with E-state index in [4.69, 9.17) is 4.74 Å². The number of thiophene rings is 1. The first-order valence-corrected chi connectivity index (χ1v) is 6.73. The van der Waals surface area contributed by atoms with Crippen LogP contribution in [0.1, 0.15) is 31.2 Å². The zero-order valence-corrected chi connectivity index (χ0v) is 11.8. The van der Waals surface area contributed by atoms with Gasteiger partial charge < -0.3 is 10.1 Å². The van der Waals surface area contributed by atoms with E-state index < -0.39 is 5.41 Å². The Morgan fingerprint density at radius 2 is 2.24 bits per heavy atom. The van der Waals surface area contributed by atoms with Crippen LogP contribution in [0, 0.1) is 5.41 Å². The van der Waals surface area contributed by atoms with Crippen molar-refractivity contribution in [2.24, 2.45) is 5.41 Å². The summed E-state index contributed by atoms with van der Waals surface area (Å²) >= 11 is 1.76. The highest BCUT2D eigenvalue weighted by atomic mass is 32.1. The van der Waals surface area contributed by atoms with Gasteiger partial charge in [-0.1, -0.05) is 6.92 Å². The summed E-state index contributed by atoms with van der Waals surface area (Å²) in [5, 5.41) is 5.44. The summed E-state index contributed by atoms with van der Waals surface area (Å²) in [6.45, 7) is 7.38. The molecule has 0 saturated carbocycles. The summed E-state index contributed by atoms with van der Waals surface area (Å²) in [4.78, 5) is 12.8. The molecule has 0 spiro atoms. The summed E-state index contributed by atoms with van der Waals surface area (Å²) in [5.41, 5.74) is 0.914. The van der Waals surface area contributed by atoms with E-state index >= 15 is 0 Å². The van der Waals surface area contributed by atoms with Crippen molar-refractivity contribution in [1.29, 1.82) is 0 Å². The van der Waals surface area contributed by atoms with E-state index in [-0.39, 0.29) is 5.97 Å². The largest absolute Gasteiger partial charge is 0.469 e. The number of rotatable bonds is 6. The monoisotopic (exact) mass is 255 g/mol.